The van der Waals surface area contributed by atoms with Crippen LogP contribution in [0.25, 0.3) is 17.4 Å². The van der Waals surface area contributed by atoms with Gasteiger partial charge in [0.1, 0.15) is 23.3 Å². The Morgan fingerprint density at radius 1 is 1.14 bits per heavy atom. The topological polar surface area (TPSA) is 109 Å². The third-order valence-electron chi connectivity index (χ3n) is 8.42. The van der Waals surface area contributed by atoms with Crippen LogP contribution in [0, 0.1) is 11.8 Å². The lowest BCUT2D eigenvalue weighted by Gasteiger charge is -2.31. The lowest BCUT2D eigenvalue weighted by molar-refractivity contribution is -0.139. The molecule has 2 saturated carbocycles. The number of ether oxygens (including phenoxy) is 1. The van der Waals surface area contributed by atoms with Crippen molar-refractivity contribution in [1.29, 1.82) is 0 Å². The molecule has 2 aromatic carbocycles. The van der Waals surface area contributed by atoms with Crippen LogP contribution in [-0.4, -0.2) is 58.7 Å². The number of carboxylic acid groups (broad SMARTS) is 1. The lowest BCUT2D eigenvalue weighted by Crippen LogP contribution is -2.42. The van der Waals surface area contributed by atoms with Gasteiger partial charge in [0, 0.05) is 35.8 Å². The van der Waals surface area contributed by atoms with E-state index in [-0.39, 0.29) is 23.9 Å². The minimum atomic E-state index is -1.14. The fourth-order valence-electron chi connectivity index (χ4n) is 6.25. The number of thioether (sulfide) groups is 1. The summed E-state index contributed by atoms with van der Waals surface area (Å²) in [5.74, 6) is 0.738. The van der Waals surface area contributed by atoms with Gasteiger partial charge in [-0.1, -0.05) is 60.7 Å². The number of carbonyl (C=O) groups excluding carboxylic acids is 2. The molecule has 4 atom stereocenters. The first kappa shape index (κ1) is 30.6. The number of rotatable bonds is 12. The van der Waals surface area contributed by atoms with Gasteiger partial charge in [0.05, 0.1) is 17.6 Å². The van der Waals surface area contributed by atoms with Crippen molar-refractivity contribution in [3.63, 3.8) is 0 Å². The Bertz CT molecular complexity index is 1540. The maximum Gasteiger partial charge on any atom is 0.326 e. The summed E-state index contributed by atoms with van der Waals surface area (Å²) in [7, 11) is 3.32. The van der Waals surface area contributed by atoms with E-state index in [0.29, 0.717) is 33.7 Å². The van der Waals surface area contributed by atoms with Gasteiger partial charge in [-0.15, -0.1) is 0 Å². The third kappa shape index (κ3) is 7.02. The Labute approximate surface area is 260 Å². The van der Waals surface area contributed by atoms with Crippen LogP contribution in [-0.2, 0) is 16.0 Å². The molecule has 4 unspecified atom stereocenters. The van der Waals surface area contributed by atoms with Crippen LogP contribution in [0.1, 0.15) is 47.4 Å². The molecule has 8 nitrogen and oxygen atoms in total. The molecule has 3 aromatic rings. The van der Waals surface area contributed by atoms with Crippen LogP contribution in [0.15, 0.2) is 70.0 Å². The predicted molar refractivity (Wildman–Crippen MR) is 171 cm³/mol. The van der Waals surface area contributed by atoms with Gasteiger partial charge in [-0.3, -0.25) is 9.59 Å². The molecule has 2 fully saturated rings. The molecule has 0 saturated heterocycles. The van der Waals surface area contributed by atoms with Gasteiger partial charge < -0.3 is 24.5 Å². The second kappa shape index (κ2) is 13.6. The first-order chi connectivity index (χ1) is 20.8. The quantitative estimate of drug-likeness (QED) is 0.186. The van der Waals surface area contributed by atoms with Crippen molar-refractivity contribution >= 4 is 52.5 Å². The number of carboxylic acids is 1. The van der Waals surface area contributed by atoms with E-state index in [1.165, 1.54) is 42.8 Å². The summed E-state index contributed by atoms with van der Waals surface area (Å²) in [6.07, 6.45) is 6.53. The predicted octanol–water partition coefficient (Wildman–Crippen LogP) is 6.06. The largest absolute Gasteiger partial charge is 0.496 e. The summed E-state index contributed by atoms with van der Waals surface area (Å²) >= 11 is 6.27. The maximum atomic E-state index is 13.4. The van der Waals surface area contributed by atoms with Gasteiger partial charge >= 0.3 is 5.97 Å². The Balaban J connectivity index is 1.34. The van der Waals surface area contributed by atoms with Crippen molar-refractivity contribution in [1.82, 2.24) is 10.2 Å². The summed E-state index contributed by atoms with van der Waals surface area (Å²) in [4.78, 5) is 41.0. The normalized spacial score (nSPS) is 20.0. The van der Waals surface area contributed by atoms with Crippen molar-refractivity contribution in [2.45, 2.75) is 44.2 Å². The zero-order valence-electron chi connectivity index (χ0n) is 24.0. The van der Waals surface area contributed by atoms with E-state index in [9.17, 15) is 19.5 Å². The number of aliphatic carboxylic acids is 1. The standard InChI is InChI=1S/C33H34N2O6S2/c1-35(27-16-21-8-9-22(27)14-21)32(37)30(43-19-42)18-24-11-13-28(41-24)23-10-12-29(40-2)25(17-23)31(36)34-26(33(38)39)15-20-6-4-3-5-7-20/h3-7,10-13,17-19,21-22,26-27H,8-9,14-16H2,1-2H3,(H,34,36)(H,38,39)/b30-18-. The molecule has 1 aromatic heterocycles. The minimum Gasteiger partial charge on any atom is -0.496 e. The summed E-state index contributed by atoms with van der Waals surface area (Å²) in [6.45, 7) is 0. The minimum absolute atomic E-state index is 0.0755. The molecule has 0 aliphatic heterocycles. The number of hydrogen-bond acceptors (Lipinski definition) is 7. The Morgan fingerprint density at radius 3 is 2.58 bits per heavy atom. The number of hydrogen-bond donors (Lipinski definition) is 2. The second-order valence-electron chi connectivity index (χ2n) is 11.1. The van der Waals surface area contributed by atoms with Crippen molar-refractivity contribution in [3.8, 4) is 17.1 Å². The van der Waals surface area contributed by atoms with Gasteiger partial charge in [0.25, 0.3) is 11.8 Å². The highest BCUT2D eigenvalue weighted by atomic mass is 32.2. The van der Waals surface area contributed by atoms with Gasteiger partial charge in [0.15, 0.2) is 0 Å². The number of fused-ring (bicyclic) bond motifs is 2. The van der Waals surface area contributed by atoms with E-state index in [1.807, 2.05) is 42.3 Å². The molecule has 2 amide bonds. The summed E-state index contributed by atoms with van der Waals surface area (Å²) in [6, 6.07) is 16.7. The monoisotopic (exact) mass is 618 g/mol. The SMILES string of the molecule is COc1ccc(-c2ccc(/C=C(\SC=S)C(=O)N(C)C3CC4CCC3C4)o2)cc1C(=O)NC(Cc1ccccc1)C(=O)O. The molecule has 0 spiro atoms. The molecule has 2 bridgehead atoms. The zero-order valence-corrected chi connectivity index (χ0v) is 25.7. The van der Waals surface area contributed by atoms with Gasteiger partial charge in [0.2, 0.25) is 0 Å². The van der Waals surface area contributed by atoms with Crippen LogP contribution in [0.3, 0.4) is 0 Å². The molecule has 5 rings (SSSR count). The smallest absolute Gasteiger partial charge is 0.326 e. The molecule has 1 heterocycles. The first-order valence-corrected chi connectivity index (χ1v) is 15.6. The number of methoxy groups -OCH3 is 1. The third-order valence-corrected chi connectivity index (χ3v) is 9.35. The summed E-state index contributed by atoms with van der Waals surface area (Å²) in [5.41, 5.74) is 1.56. The fraction of sp³-hybridized carbons (Fsp3) is 0.333. The van der Waals surface area contributed by atoms with Crippen molar-refractivity contribution in [3.05, 3.63) is 82.5 Å². The van der Waals surface area contributed by atoms with E-state index in [0.717, 1.165) is 17.9 Å². The van der Waals surface area contributed by atoms with E-state index in [1.54, 1.807) is 36.4 Å². The van der Waals surface area contributed by atoms with Crippen LogP contribution < -0.4 is 10.1 Å². The highest BCUT2D eigenvalue weighted by Gasteiger charge is 2.43. The van der Waals surface area contributed by atoms with E-state index < -0.39 is 17.9 Å². The van der Waals surface area contributed by atoms with Crippen molar-refractivity contribution < 1.29 is 28.6 Å². The van der Waals surface area contributed by atoms with Gasteiger partial charge in [-0.25, -0.2) is 4.79 Å². The lowest BCUT2D eigenvalue weighted by atomic mass is 9.94. The van der Waals surface area contributed by atoms with Crippen LogP contribution in [0.2, 0.25) is 0 Å². The fourth-order valence-corrected chi connectivity index (χ4v) is 7.09. The van der Waals surface area contributed by atoms with E-state index in [2.05, 4.69) is 5.32 Å². The Hall–Kier alpha value is -3.89. The highest BCUT2D eigenvalue weighted by molar-refractivity contribution is 8.24. The van der Waals surface area contributed by atoms with Crippen LogP contribution >= 0.6 is 24.0 Å². The maximum absolute atomic E-state index is 13.4. The average Bonchev–Trinajstić information content (AvgIpc) is 3.78. The zero-order chi connectivity index (χ0) is 30.5. The molecule has 43 heavy (non-hydrogen) atoms. The van der Waals surface area contributed by atoms with Crippen LogP contribution in [0.4, 0.5) is 0 Å². The molecule has 10 heteroatoms. The highest BCUT2D eigenvalue weighted by Crippen LogP contribution is 2.46. The number of benzene rings is 2. The molecular weight excluding hydrogens is 585 g/mol. The molecule has 2 aliphatic rings. The van der Waals surface area contributed by atoms with E-state index in [4.69, 9.17) is 21.4 Å². The number of thiocarbonyl (C=S) groups is 1. The summed E-state index contributed by atoms with van der Waals surface area (Å²) < 4.78 is 13.0. The van der Waals surface area contributed by atoms with Crippen molar-refractivity contribution in [2.24, 2.45) is 11.8 Å². The molecular formula is C33H34N2O6S2. The number of likely N-dealkylation sites (N-methyl/N-ethyl adjacent to an activating group) is 1. The van der Waals surface area contributed by atoms with Crippen LogP contribution in [0.5, 0.6) is 5.75 Å². The number of amides is 2. The summed E-state index contributed by atoms with van der Waals surface area (Å²) in [5, 5.41) is 12.4. The number of carbonyl (C=O) groups is 3. The van der Waals surface area contributed by atoms with E-state index >= 15 is 0 Å². The molecule has 2 aliphatic carbocycles. The Kier molecular flexibility index (Phi) is 9.67. The molecule has 0 radical (unpaired) electrons. The second-order valence-corrected chi connectivity index (χ2v) is 12.5. The Morgan fingerprint density at radius 2 is 1.93 bits per heavy atom. The first-order valence-electron chi connectivity index (χ1n) is 14.2. The van der Waals surface area contributed by atoms with Gasteiger partial charge in [-0.05, 0) is 67.0 Å². The van der Waals surface area contributed by atoms with Crippen molar-refractivity contribution in [2.75, 3.05) is 14.2 Å². The molecule has 2 N–H and O–H groups in total. The van der Waals surface area contributed by atoms with Gasteiger partial charge in [-0.2, -0.15) is 0 Å². The number of furan rings is 1. The number of nitrogens with zero attached hydrogens (tertiary/aromatic N) is 1. The molecule has 224 valence electrons. The average molecular weight is 619 g/mol. The number of nitrogens with one attached hydrogen (secondary N) is 1.